The number of anilines is 1. The number of hydrogen-bond acceptors (Lipinski definition) is 7. The van der Waals surface area contributed by atoms with E-state index < -0.39 is 0 Å². The maximum Gasteiger partial charge on any atom is 0.305 e. The summed E-state index contributed by atoms with van der Waals surface area (Å²) in [6.45, 7) is 0. The number of azo groups is 1. The van der Waals surface area contributed by atoms with E-state index in [-0.39, 0.29) is 5.97 Å². The number of benzene rings is 1. The number of rotatable bonds is 6. The number of nitrogen functional groups attached to an aromatic ring is 1. The number of aromatic nitrogens is 1. The van der Waals surface area contributed by atoms with Gasteiger partial charge in [0.2, 0.25) is 0 Å². The highest BCUT2D eigenvalue weighted by Crippen LogP contribution is 2.32. The maximum atomic E-state index is 11.1. The lowest BCUT2D eigenvalue weighted by molar-refractivity contribution is -0.140. The molecule has 0 aliphatic rings. The van der Waals surface area contributed by atoms with E-state index in [1.165, 1.54) is 18.4 Å². The number of methoxy groups -OCH3 is 1. The number of halogens is 1. The Balaban J connectivity index is 2.04. The van der Waals surface area contributed by atoms with Gasteiger partial charge >= 0.3 is 5.97 Å². The molecular formula is C14H15ClN4O2S. The zero-order valence-electron chi connectivity index (χ0n) is 12.0. The van der Waals surface area contributed by atoms with Crippen LogP contribution in [0.1, 0.15) is 18.5 Å². The lowest BCUT2D eigenvalue weighted by atomic mass is 10.2. The Morgan fingerprint density at radius 2 is 2.09 bits per heavy atom. The van der Waals surface area contributed by atoms with Gasteiger partial charge in [0.1, 0.15) is 0 Å². The Bertz CT molecular complexity index is 670. The van der Waals surface area contributed by atoms with Gasteiger partial charge in [-0.3, -0.25) is 4.79 Å². The fourth-order valence-electron chi connectivity index (χ4n) is 1.72. The molecule has 0 bridgehead atoms. The lowest BCUT2D eigenvalue weighted by Crippen LogP contribution is -2.00. The minimum Gasteiger partial charge on any atom is -0.469 e. The van der Waals surface area contributed by atoms with Crippen molar-refractivity contribution in [3.8, 4) is 0 Å². The molecule has 8 heteroatoms. The quantitative estimate of drug-likeness (QED) is 0.628. The molecule has 0 fully saturated rings. The molecule has 0 amide bonds. The van der Waals surface area contributed by atoms with Crippen LogP contribution in [0.25, 0.3) is 0 Å². The zero-order valence-corrected chi connectivity index (χ0v) is 13.5. The van der Waals surface area contributed by atoms with E-state index in [9.17, 15) is 4.79 Å². The van der Waals surface area contributed by atoms with Gasteiger partial charge in [-0.2, -0.15) is 0 Å². The summed E-state index contributed by atoms with van der Waals surface area (Å²) in [6, 6.07) is 7.03. The third-order valence-corrected chi connectivity index (χ3v) is 3.86. The van der Waals surface area contributed by atoms with E-state index in [4.69, 9.17) is 17.3 Å². The highest BCUT2D eigenvalue weighted by molar-refractivity contribution is 7.19. The molecular weight excluding hydrogens is 324 g/mol. The van der Waals surface area contributed by atoms with Crippen LogP contribution in [0, 0.1) is 0 Å². The van der Waals surface area contributed by atoms with Crippen LogP contribution < -0.4 is 5.73 Å². The van der Waals surface area contributed by atoms with E-state index in [1.54, 1.807) is 24.3 Å². The monoisotopic (exact) mass is 338 g/mol. The number of nitrogens with zero attached hydrogens (tertiary/aromatic N) is 3. The van der Waals surface area contributed by atoms with E-state index in [0.717, 1.165) is 5.69 Å². The number of hydrogen-bond donors (Lipinski definition) is 1. The molecule has 0 saturated heterocycles. The predicted octanol–water partition coefficient (Wildman–Crippen LogP) is 4.29. The van der Waals surface area contributed by atoms with Crippen molar-refractivity contribution < 1.29 is 9.53 Å². The Labute approximate surface area is 137 Å². The standard InChI is InChI=1S/C14H15ClN4O2S/c1-21-12(20)4-2-3-11-13(22-14(16)17-11)19-18-10-7-5-9(15)6-8-10/h5-8H,2-4H2,1H3,(H2,16,17). The predicted molar refractivity (Wildman–Crippen MR) is 87.1 cm³/mol. The number of carbonyl (C=O) groups is 1. The summed E-state index contributed by atoms with van der Waals surface area (Å²) in [7, 11) is 1.37. The average molecular weight is 339 g/mol. The molecule has 1 heterocycles. The lowest BCUT2D eigenvalue weighted by Gasteiger charge is -1.98. The Hall–Kier alpha value is -1.99. The molecule has 116 valence electrons. The molecule has 0 atom stereocenters. The summed E-state index contributed by atoms with van der Waals surface area (Å²) >= 11 is 7.08. The first-order valence-electron chi connectivity index (χ1n) is 6.58. The number of carbonyl (C=O) groups excluding carboxylic acids is 1. The van der Waals surface area contributed by atoms with Crippen molar-refractivity contribution in [2.24, 2.45) is 10.2 Å². The molecule has 1 aromatic carbocycles. The van der Waals surface area contributed by atoms with Crippen molar-refractivity contribution in [1.82, 2.24) is 4.98 Å². The van der Waals surface area contributed by atoms with Crippen molar-refractivity contribution in [3.63, 3.8) is 0 Å². The average Bonchev–Trinajstić information content (AvgIpc) is 2.86. The molecule has 2 rings (SSSR count). The summed E-state index contributed by atoms with van der Waals surface area (Å²) in [4.78, 5) is 15.3. The molecule has 6 nitrogen and oxygen atoms in total. The Kier molecular flexibility index (Phi) is 5.85. The van der Waals surface area contributed by atoms with Gasteiger partial charge in [-0.05, 0) is 37.1 Å². The Morgan fingerprint density at radius 3 is 2.77 bits per heavy atom. The molecule has 22 heavy (non-hydrogen) atoms. The van der Waals surface area contributed by atoms with Crippen LogP contribution in [0.5, 0.6) is 0 Å². The third-order valence-electron chi connectivity index (χ3n) is 2.80. The highest BCUT2D eigenvalue weighted by Gasteiger charge is 2.10. The number of aryl methyl sites for hydroxylation is 1. The fourth-order valence-corrected chi connectivity index (χ4v) is 2.54. The van der Waals surface area contributed by atoms with E-state index in [2.05, 4.69) is 19.9 Å². The molecule has 0 unspecified atom stereocenters. The molecule has 0 spiro atoms. The summed E-state index contributed by atoms with van der Waals surface area (Å²) in [5, 5.41) is 10.0. The minimum absolute atomic E-state index is 0.243. The highest BCUT2D eigenvalue weighted by atomic mass is 35.5. The van der Waals surface area contributed by atoms with Gasteiger partial charge in [-0.1, -0.05) is 22.9 Å². The molecule has 2 aromatic rings. The largest absolute Gasteiger partial charge is 0.469 e. The topological polar surface area (TPSA) is 89.9 Å². The van der Waals surface area contributed by atoms with Crippen LogP contribution in [0.15, 0.2) is 34.5 Å². The first-order valence-corrected chi connectivity index (χ1v) is 7.77. The van der Waals surface area contributed by atoms with Crippen molar-refractivity contribution in [2.45, 2.75) is 19.3 Å². The van der Waals surface area contributed by atoms with Gasteiger partial charge < -0.3 is 10.5 Å². The molecule has 0 radical (unpaired) electrons. The van der Waals surface area contributed by atoms with Gasteiger partial charge in [0.25, 0.3) is 0 Å². The first kappa shape index (κ1) is 16.4. The smallest absolute Gasteiger partial charge is 0.305 e. The summed E-state index contributed by atoms with van der Waals surface area (Å²) < 4.78 is 4.60. The maximum absolute atomic E-state index is 11.1. The van der Waals surface area contributed by atoms with Gasteiger partial charge in [-0.15, -0.1) is 10.2 Å². The molecule has 1 aromatic heterocycles. The van der Waals surface area contributed by atoms with Crippen LogP contribution in [0.4, 0.5) is 15.8 Å². The fraction of sp³-hybridized carbons (Fsp3) is 0.286. The Morgan fingerprint density at radius 1 is 1.36 bits per heavy atom. The van der Waals surface area contributed by atoms with E-state index in [1.807, 2.05) is 0 Å². The zero-order chi connectivity index (χ0) is 15.9. The SMILES string of the molecule is COC(=O)CCCc1nc(N)sc1N=Nc1ccc(Cl)cc1. The molecule has 0 saturated carbocycles. The van der Waals surface area contributed by atoms with Gasteiger partial charge in [0.05, 0.1) is 18.5 Å². The van der Waals surface area contributed by atoms with Gasteiger partial charge in [0.15, 0.2) is 10.1 Å². The van der Waals surface area contributed by atoms with Crippen molar-refractivity contribution >= 4 is 44.7 Å². The second kappa shape index (κ2) is 7.86. The minimum atomic E-state index is -0.243. The summed E-state index contributed by atoms with van der Waals surface area (Å²) in [6.07, 6.45) is 1.55. The molecule has 0 aliphatic carbocycles. The number of esters is 1. The summed E-state index contributed by atoms with van der Waals surface area (Å²) in [5.41, 5.74) is 7.15. The van der Waals surface area contributed by atoms with Crippen molar-refractivity contribution in [2.75, 3.05) is 12.8 Å². The van der Waals surface area contributed by atoms with Crippen LogP contribution in [0.2, 0.25) is 5.02 Å². The molecule has 2 N–H and O–H groups in total. The van der Waals surface area contributed by atoms with Crippen LogP contribution in [-0.2, 0) is 16.0 Å². The summed E-state index contributed by atoms with van der Waals surface area (Å²) in [5.74, 6) is -0.243. The van der Waals surface area contributed by atoms with Gasteiger partial charge in [0, 0.05) is 11.4 Å². The van der Waals surface area contributed by atoms with Gasteiger partial charge in [-0.25, -0.2) is 4.98 Å². The normalized spacial score (nSPS) is 11.0. The third kappa shape index (κ3) is 4.78. The number of thiazole rings is 1. The second-order valence-corrected chi connectivity index (χ2v) is 5.86. The first-order chi connectivity index (χ1) is 10.6. The van der Waals surface area contributed by atoms with Crippen LogP contribution in [0.3, 0.4) is 0 Å². The van der Waals surface area contributed by atoms with Crippen LogP contribution >= 0.6 is 22.9 Å². The number of nitrogens with two attached hydrogens (primary N) is 1. The van der Waals surface area contributed by atoms with Crippen molar-refractivity contribution in [1.29, 1.82) is 0 Å². The van der Waals surface area contributed by atoms with E-state index >= 15 is 0 Å². The molecule has 0 aliphatic heterocycles. The number of ether oxygens (including phenoxy) is 1. The second-order valence-electron chi connectivity index (χ2n) is 4.41. The van der Waals surface area contributed by atoms with E-state index in [0.29, 0.717) is 40.1 Å². The van der Waals surface area contributed by atoms with Crippen LogP contribution in [-0.4, -0.2) is 18.1 Å². The van der Waals surface area contributed by atoms with Crippen molar-refractivity contribution in [3.05, 3.63) is 35.0 Å².